The van der Waals surface area contributed by atoms with Crippen molar-refractivity contribution >= 4 is 170 Å². The van der Waals surface area contributed by atoms with Gasteiger partial charge in [0.15, 0.2) is 6.39 Å². The SMILES string of the molecule is Cc1ccc(Cn2cc(NC(=O)c3ccsc3Cl)c3ccccc32)cc1.Cc1ccc(Cn2cc(NC(=O)c3ccsn3)c3ccccc32)cc1.Cc1ccc(Cn2cc(NC(=O)c3cnco3)c3ccccc32)cc1.Cc1ccc(Cn2cc(NC(=O)c3cncs3)c3ccccc32)cc1.Cc1ccc(Cn2cc(NC(=O)c3sccc3F)c3ccccc32)cc1. The Hall–Kier alpha value is -14.7. The fourth-order valence-corrected chi connectivity index (χ4v) is 17.3. The molecular weight excluding hydrogens is 1690 g/mol. The van der Waals surface area contributed by atoms with Crippen LogP contribution < -0.4 is 26.6 Å². The number of thiophene rings is 2. The highest BCUT2D eigenvalue weighted by Gasteiger charge is 2.22. The van der Waals surface area contributed by atoms with Crippen LogP contribution in [0.15, 0.2) is 337 Å². The Balaban J connectivity index is 0.000000117. The number of amides is 5. The number of rotatable bonds is 20. The summed E-state index contributed by atoms with van der Waals surface area (Å²) in [4.78, 5) is 70.4. The quantitative estimate of drug-likeness (QED) is 0.0489. The smallest absolute Gasteiger partial charge is 0.293 e. The minimum atomic E-state index is -0.490. The van der Waals surface area contributed by atoms with Crippen LogP contribution in [0.25, 0.3) is 54.5 Å². The number of anilines is 5. The minimum Gasteiger partial charge on any atom is -0.438 e. The molecule has 0 radical (unpaired) electrons. The summed E-state index contributed by atoms with van der Waals surface area (Å²) < 4.78 is 34.1. The Morgan fingerprint density at radius 3 is 1.00 bits per heavy atom. The fourth-order valence-electron chi connectivity index (χ4n) is 14.7. The van der Waals surface area contributed by atoms with E-state index in [1.807, 2.05) is 139 Å². The van der Waals surface area contributed by atoms with E-state index in [1.165, 1.54) is 108 Å². The van der Waals surface area contributed by atoms with E-state index in [1.54, 1.807) is 34.6 Å². The molecule has 632 valence electrons. The molecule has 5 N–H and O–H groups in total. The van der Waals surface area contributed by atoms with Crippen LogP contribution in [0.5, 0.6) is 0 Å². The highest BCUT2D eigenvalue weighted by atomic mass is 35.5. The molecule has 20 aromatic rings. The summed E-state index contributed by atoms with van der Waals surface area (Å²) in [6.07, 6.45) is 14.1. The molecule has 0 saturated carbocycles. The molecule has 19 nitrogen and oxygen atoms in total. The zero-order chi connectivity index (χ0) is 87.9. The highest BCUT2D eigenvalue weighted by Crippen LogP contribution is 2.35. The largest absolute Gasteiger partial charge is 0.438 e. The van der Waals surface area contributed by atoms with Gasteiger partial charge in [0.1, 0.15) is 25.6 Å². The number of aryl methyl sites for hydroxylation is 5. The molecule has 0 aliphatic heterocycles. The number of nitrogens with zero attached hydrogens (tertiary/aromatic N) is 8. The molecule has 0 bridgehead atoms. The first kappa shape index (κ1) is 85.9. The monoisotopic (exact) mass is 1770 g/mol. The lowest BCUT2D eigenvalue weighted by atomic mass is 10.1. The number of aromatic nitrogens is 8. The predicted octanol–water partition coefficient (Wildman–Crippen LogP) is 25.1. The van der Waals surface area contributed by atoms with Crippen molar-refractivity contribution < 1.29 is 32.8 Å². The number of thiazole rings is 1. The van der Waals surface area contributed by atoms with Crippen LogP contribution in [-0.2, 0) is 32.7 Å². The third-order valence-corrected chi connectivity index (χ3v) is 24.6. The van der Waals surface area contributed by atoms with E-state index < -0.39 is 11.7 Å². The lowest BCUT2D eigenvalue weighted by Crippen LogP contribution is -2.11. The maximum Gasteiger partial charge on any atom is 0.293 e. The van der Waals surface area contributed by atoms with Crippen LogP contribution in [0.1, 0.15) is 106 Å². The summed E-state index contributed by atoms with van der Waals surface area (Å²) in [6.45, 7) is 14.1. The molecule has 0 unspecified atom stereocenters. The minimum absolute atomic E-state index is 0.0976. The summed E-state index contributed by atoms with van der Waals surface area (Å²) in [6, 6.07) is 87.3. The molecule has 10 aromatic heterocycles. The summed E-state index contributed by atoms with van der Waals surface area (Å²) in [5.41, 5.74) is 24.1. The fraction of sp³-hybridized carbons (Fsp3) is 0.0980. The van der Waals surface area contributed by atoms with Crippen molar-refractivity contribution in [3.8, 4) is 0 Å². The first-order chi connectivity index (χ1) is 61.8. The highest BCUT2D eigenvalue weighted by molar-refractivity contribution is 7.14. The second-order valence-corrected chi connectivity index (χ2v) is 34.4. The van der Waals surface area contributed by atoms with Crippen molar-refractivity contribution in [1.29, 1.82) is 0 Å². The van der Waals surface area contributed by atoms with E-state index in [0.29, 0.717) is 32.7 Å². The zero-order valence-electron chi connectivity index (χ0n) is 69.7. The molecule has 0 fully saturated rings. The molecule has 0 aliphatic rings. The third kappa shape index (κ3) is 21.1. The molecule has 20 rings (SSSR count). The van der Waals surface area contributed by atoms with Gasteiger partial charge < -0.3 is 53.8 Å². The van der Waals surface area contributed by atoms with Crippen molar-refractivity contribution in [1.82, 2.24) is 37.2 Å². The van der Waals surface area contributed by atoms with Crippen molar-refractivity contribution in [2.45, 2.75) is 67.3 Å². The van der Waals surface area contributed by atoms with Crippen molar-refractivity contribution in [2.75, 3.05) is 26.6 Å². The van der Waals surface area contributed by atoms with Gasteiger partial charge in [-0.3, -0.25) is 29.0 Å². The Morgan fingerprint density at radius 2 is 0.693 bits per heavy atom. The number of hydrogen-bond acceptors (Lipinski definition) is 13. The van der Waals surface area contributed by atoms with Crippen LogP contribution >= 0.6 is 57.1 Å². The van der Waals surface area contributed by atoms with Crippen LogP contribution in [0, 0.1) is 40.4 Å². The Morgan fingerprint density at radius 1 is 0.354 bits per heavy atom. The van der Waals surface area contributed by atoms with Gasteiger partial charge in [0.25, 0.3) is 29.5 Å². The topological polar surface area (TPSA) is 222 Å². The van der Waals surface area contributed by atoms with Crippen molar-refractivity contribution in [3.05, 3.63) is 425 Å². The molecule has 0 aliphatic carbocycles. The van der Waals surface area contributed by atoms with Gasteiger partial charge >= 0.3 is 0 Å². The average molecular weight is 1770 g/mol. The van der Waals surface area contributed by atoms with Gasteiger partial charge in [-0.1, -0.05) is 252 Å². The van der Waals surface area contributed by atoms with Gasteiger partial charge in [0.05, 0.1) is 79.5 Å². The molecular formula is C102H85ClFN13O6S4. The second-order valence-electron chi connectivity index (χ2n) is 30.5. The third-order valence-electron chi connectivity index (χ3n) is 21.2. The van der Waals surface area contributed by atoms with E-state index in [9.17, 15) is 28.4 Å². The molecule has 10 aromatic carbocycles. The first-order valence-corrected chi connectivity index (χ1v) is 44.6. The van der Waals surface area contributed by atoms with Gasteiger partial charge in [-0.15, -0.1) is 34.0 Å². The molecule has 0 atom stereocenters. The van der Waals surface area contributed by atoms with Gasteiger partial charge in [-0.05, 0) is 133 Å². The lowest BCUT2D eigenvalue weighted by molar-refractivity contribution is 0.0992. The van der Waals surface area contributed by atoms with Crippen LogP contribution in [0.2, 0.25) is 4.34 Å². The van der Waals surface area contributed by atoms with Crippen LogP contribution in [-0.4, -0.2) is 66.7 Å². The number of carbonyl (C=O) groups excluding carboxylic acids is 5. The Labute approximate surface area is 752 Å². The van der Waals surface area contributed by atoms with E-state index in [4.69, 9.17) is 16.0 Å². The second kappa shape index (κ2) is 39.9. The molecule has 5 amide bonds. The lowest BCUT2D eigenvalue weighted by Gasteiger charge is -2.06. The summed E-state index contributed by atoms with van der Waals surface area (Å²) in [5, 5.41) is 25.0. The first-order valence-electron chi connectivity index (χ1n) is 40.7. The van der Waals surface area contributed by atoms with E-state index in [2.05, 4.69) is 238 Å². The molecule has 127 heavy (non-hydrogen) atoms. The van der Waals surface area contributed by atoms with E-state index >= 15 is 0 Å². The number of para-hydroxylation sites is 5. The number of oxazole rings is 1. The summed E-state index contributed by atoms with van der Waals surface area (Å²) in [5.74, 6) is -1.52. The molecule has 0 spiro atoms. The predicted molar refractivity (Wildman–Crippen MR) is 515 cm³/mol. The van der Waals surface area contributed by atoms with Crippen molar-refractivity contribution in [3.63, 3.8) is 0 Å². The number of hydrogen-bond donors (Lipinski definition) is 5. The number of nitrogens with one attached hydrogen (secondary N) is 5. The number of fused-ring (bicyclic) bond motifs is 5. The van der Waals surface area contributed by atoms with E-state index in [0.717, 1.165) is 115 Å². The normalized spacial score (nSPS) is 11.0. The molecule has 0 saturated heterocycles. The molecule has 10 heterocycles. The number of halogens is 2. The Bertz CT molecular complexity index is 6630. The summed E-state index contributed by atoms with van der Waals surface area (Å²) in [7, 11) is 0. The van der Waals surface area contributed by atoms with E-state index in [-0.39, 0.29) is 34.3 Å². The van der Waals surface area contributed by atoms with Crippen LogP contribution in [0.3, 0.4) is 0 Å². The van der Waals surface area contributed by atoms with Gasteiger partial charge in [-0.25, -0.2) is 9.37 Å². The maximum atomic E-state index is 13.7. The Kier molecular flexibility index (Phi) is 27.0. The van der Waals surface area contributed by atoms with Gasteiger partial charge in [0, 0.05) is 96.0 Å². The molecule has 25 heteroatoms. The zero-order valence-corrected chi connectivity index (χ0v) is 73.7. The standard InChI is InChI=1S/C21H17ClN2OS.C21H17FN2OS.C20H17N3O2.2C20H17N3OS/c1-14-6-8-15(9-7-14)12-24-13-18(16-4-2-3-5-19(16)24)23-21(25)17-10-11-26-20(17)22;1-14-6-8-15(9-7-14)12-24-13-18(16-4-2-3-5-19(16)24)23-21(25)20-17(22)10-11-26-20;2*1-14-6-8-15(9-7-14)11-23-12-17(16-4-2-3-5-18(16)23)22-20(24)19-10-21-13-25-19;1-14-6-8-15(9-7-14)12-23-13-18(16-4-2-3-5-19(16)23)21-20(24)17-10-11-25-22-17/h2*2-11,13H,12H2,1H3,(H,23,25);2*2-10,12-13H,11H2,1H3,(H,22,24);2-11,13H,12H2,1H3,(H,21,24). The van der Waals surface area contributed by atoms with Crippen molar-refractivity contribution in [2.24, 2.45) is 0 Å². The van der Waals surface area contributed by atoms with Crippen LogP contribution in [0.4, 0.5) is 32.8 Å². The van der Waals surface area contributed by atoms with Gasteiger partial charge in [0.2, 0.25) is 5.76 Å². The summed E-state index contributed by atoms with van der Waals surface area (Å²) >= 11 is 11.2. The average Bonchev–Trinajstić information content (AvgIpc) is 1.67. The number of benzene rings is 10. The van der Waals surface area contributed by atoms with Gasteiger partial charge in [-0.2, -0.15) is 4.37 Å². The maximum absolute atomic E-state index is 13.7. The number of carbonyl (C=O) groups is 5.